The van der Waals surface area contributed by atoms with Crippen LogP contribution in [0.4, 0.5) is 5.69 Å². The monoisotopic (exact) mass is 436 g/mol. The zero-order chi connectivity index (χ0) is 22.0. The molecule has 1 fully saturated rings. The fourth-order valence-electron chi connectivity index (χ4n) is 4.06. The van der Waals surface area contributed by atoms with Gasteiger partial charge in [0, 0.05) is 24.7 Å². The van der Waals surface area contributed by atoms with Crippen LogP contribution in [-0.2, 0) is 14.8 Å². The number of fused-ring (bicyclic) bond motifs is 1. The quantitative estimate of drug-likeness (QED) is 0.612. The van der Waals surface area contributed by atoms with Crippen LogP contribution in [0.2, 0.25) is 0 Å². The van der Waals surface area contributed by atoms with Crippen molar-refractivity contribution < 1.29 is 13.2 Å². The number of piperidine rings is 1. The Hall–Kier alpha value is -2.70. The van der Waals surface area contributed by atoms with Gasteiger partial charge in [0.25, 0.3) is 0 Å². The van der Waals surface area contributed by atoms with Crippen molar-refractivity contribution in [2.75, 3.05) is 18.4 Å². The third kappa shape index (κ3) is 4.65. The number of carbonyl (C=O) groups is 1. The van der Waals surface area contributed by atoms with Gasteiger partial charge >= 0.3 is 0 Å². The minimum Gasteiger partial charge on any atom is -0.326 e. The summed E-state index contributed by atoms with van der Waals surface area (Å²) in [6, 6.07) is 20.8. The Morgan fingerprint density at radius 2 is 1.65 bits per heavy atom. The van der Waals surface area contributed by atoms with Crippen molar-refractivity contribution in [1.82, 2.24) is 4.31 Å². The summed E-state index contributed by atoms with van der Waals surface area (Å²) < 4.78 is 27.8. The number of anilines is 1. The van der Waals surface area contributed by atoms with Gasteiger partial charge in [-0.05, 0) is 59.4 Å². The first-order chi connectivity index (χ1) is 14.8. The smallest absolute Gasteiger partial charge is 0.243 e. The summed E-state index contributed by atoms with van der Waals surface area (Å²) in [7, 11) is -3.58. The second-order valence-electron chi connectivity index (χ2n) is 8.46. The molecule has 1 amide bonds. The first-order valence-electron chi connectivity index (χ1n) is 10.7. The standard InChI is InChI=1S/C25H28N2O3S/c1-18(2)21-8-5-9-23(16-21)26-25(28)20-12-14-27(15-13-20)31(29,30)24-11-10-19-6-3-4-7-22(19)17-24/h3-11,16-18,20H,12-15H2,1-2H3,(H,26,28). The normalized spacial score (nSPS) is 16.0. The van der Waals surface area contributed by atoms with E-state index in [1.807, 2.05) is 48.5 Å². The Kier molecular flexibility index (Phi) is 6.12. The lowest BCUT2D eigenvalue weighted by molar-refractivity contribution is -0.120. The van der Waals surface area contributed by atoms with Crippen LogP contribution in [0.5, 0.6) is 0 Å². The van der Waals surface area contributed by atoms with Gasteiger partial charge in [-0.3, -0.25) is 4.79 Å². The molecule has 1 heterocycles. The molecule has 1 aliphatic heterocycles. The highest BCUT2D eigenvalue weighted by atomic mass is 32.2. The van der Waals surface area contributed by atoms with Crippen molar-refractivity contribution in [2.24, 2.45) is 5.92 Å². The molecule has 3 aromatic rings. The average molecular weight is 437 g/mol. The first kappa shape index (κ1) is 21.5. The molecular weight excluding hydrogens is 408 g/mol. The summed E-state index contributed by atoms with van der Waals surface area (Å²) >= 11 is 0. The van der Waals surface area contributed by atoms with Crippen molar-refractivity contribution in [1.29, 1.82) is 0 Å². The number of rotatable bonds is 5. The summed E-state index contributed by atoms with van der Waals surface area (Å²) in [6.07, 6.45) is 1.03. The number of carbonyl (C=O) groups excluding carboxylic acids is 1. The zero-order valence-corrected chi connectivity index (χ0v) is 18.7. The zero-order valence-electron chi connectivity index (χ0n) is 17.9. The van der Waals surface area contributed by atoms with E-state index in [0.29, 0.717) is 36.7 Å². The van der Waals surface area contributed by atoms with E-state index in [4.69, 9.17) is 0 Å². The van der Waals surface area contributed by atoms with E-state index in [-0.39, 0.29) is 11.8 Å². The molecule has 1 N–H and O–H groups in total. The molecule has 31 heavy (non-hydrogen) atoms. The molecule has 0 saturated carbocycles. The fourth-order valence-corrected chi connectivity index (χ4v) is 5.56. The van der Waals surface area contributed by atoms with E-state index < -0.39 is 10.0 Å². The van der Waals surface area contributed by atoms with Gasteiger partial charge < -0.3 is 5.32 Å². The van der Waals surface area contributed by atoms with Crippen molar-refractivity contribution in [3.8, 4) is 0 Å². The molecule has 4 rings (SSSR count). The number of benzene rings is 3. The largest absolute Gasteiger partial charge is 0.326 e. The van der Waals surface area contributed by atoms with Gasteiger partial charge in [-0.2, -0.15) is 4.31 Å². The molecular formula is C25H28N2O3S. The Balaban J connectivity index is 1.41. The minimum atomic E-state index is -3.58. The van der Waals surface area contributed by atoms with Crippen LogP contribution < -0.4 is 5.32 Å². The van der Waals surface area contributed by atoms with Gasteiger partial charge in [-0.25, -0.2) is 8.42 Å². The predicted octanol–water partition coefficient (Wildman–Crippen LogP) is 5.00. The minimum absolute atomic E-state index is 0.0383. The lowest BCUT2D eigenvalue weighted by Gasteiger charge is -2.30. The highest BCUT2D eigenvalue weighted by Crippen LogP contribution is 2.27. The highest BCUT2D eigenvalue weighted by molar-refractivity contribution is 7.89. The summed E-state index contributed by atoms with van der Waals surface area (Å²) in [5.41, 5.74) is 1.97. The molecule has 6 heteroatoms. The van der Waals surface area contributed by atoms with Gasteiger partial charge in [0.05, 0.1) is 4.90 Å². The summed E-state index contributed by atoms with van der Waals surface area (Å²) in [6.45, 7) is 4.93. The molecule has 3 aromatic carbocycles. The molecule has 0 radical (unpaired) electrons. The maximum atomic E-state index is 13.1. The number of nitrogens with one attached hydrogen (secondary N) is 1. The van der Waals surface area contributed by atoms with Crippen molar-refractivity contribution in [3.63, 3.8) is 0 Å². The third-order valence-corrected chi connectivity index (χ3v) is 7.90. The van der Waals surface area contributed by atoms with E-state index in [1.165, 1.54) is 9.87 Å². The molecule has 0 unspecified atom stereocenters. The van der Waals surface area contributed by atoms with Crippen LogP contribution in [0.15, 0.2) is 71.6 Å². The molecule has 0 atom stereocenters. The summed E-state index contributed by atoms with van der Waals surface area (Å²) in [5, 5.41) is 4.92. The van der Waals surface area contributed by atoms with Crippen LogP contribution in [-0.4, -0.2) is 31.7 Å². The number of amides is 1. The average Bonchev–Trinajstić information content (AvgIpc) is 2.79. The van der Waals surface area contributed by atoms with Gasteiger partial charge in [-0.15, -0.1) is 0 Å². The van der Waals surface area contributed by atoms with E-state index >= 15 is 0 Å². The van der Waals surface area contributed by atoms with Crippen LogP contribution >= 0.6 is 0 Å². The van der Waals surface area contributed by atoms with Crippen molar-refractivity contribution >= 4 is 32.4 Å². The van der Waals surface area contributed by atoms with E-state index in [0.717, 1.165) is 16.5 Å². The lowest BCUT2D eigenvalue weighted by atomic mass is 9.97. The third-order valence-electron chi connectivity index (χ3n) is 6.00. The topological polar surface area (TPSA) is 66.5 Å². The van der Waals surface area contributed by atoms with E-state index in [1.54, 1.807) is 12.1 Å². The molecule has 0 spiro atoms. The molecule has 1 aliphatic rings. The van der Waals surface area contributed by atoms with Gasteiger partial charge in [0.1, 0.15) is 0 Å². The molecule has 0 bridgehead atoms. The molecule has 0 aliphatic carbocycles. The van der Waals surface area contributed by atoms with E-state index in [9.17, 15) is 13.2 Å². The predicted molar refractivity (Wildman–Crippen MR) is 125 cm³/mol. The Morgan fingerprint density at radius 1 is 0.935 bits per heavy atom. The van der Waals surface area contributed by atoms with Crippen molar-refractivity contribution in [3.05, 3.63) is 72.3 Å². The molecule has 0 aromatic heterocycles. The maximum Gasteiger partial charge on any atom is 0.243 e. The summed E-state index contributed by atoms with van der Waals surface area (Å²) in [4.78, 5) is 13.0. The number of nitrogens with zero attached hydrogens (tertiary/aromatic N) is 1. The van der Waals surface area contributed by atoms with Gasteiger partial charge in [0.2, 0.25) is 15.9 Å². The van der Waals surface area contributed by atoms with Crippen molar-refractivity contribution in [2.45, 2.75) is 37.5 Å². The number of hydrogen-bond donors (Lipinski definition) is 1. The Morgan fingerprint density at radius 3 is 2.35 bits per heavy atom. The maximum absolute atomic E-state index is 13.1. The van der Waals surface area contributed by atoms with E-state index in [2.05, 4.69) is 25.2 Å². The first-order valence-corrected chi connectivity index (χ1v) is 12.2. The Labute approximate surface area is 184 Å². The lowest BCUT2D eigenvalue weighted by Crippen LogP contribution is -2.41. The second kappa shape index (κ2) is 8.81. The van der Waals surface area contributed by atoms with Gasteiger partial charge in [0.15, 0.2) is 0 Å². The van der Waals surface area contributed by atoms with Gasteiger partial charge in [-0.1, -0.05) is 56.3 Å². The second-order valence-corrected chi connectivity index (χ2v) is 10.4. The number of hydrogen-bond acceptors (Lipinski definition) is 3. The van der Waals surface area contributed by atoms with Crippen LogP contribution in [0.1, 0.15) is 38.2 Å². The summed E-state index contributed by atoms with van der Waals surface area (Å²) in [5.74, 6) is 0.162. The number of sulfonamides is 1. The highest BCUT2D eigenvalue weighted by Gasteiger charge is 2.32. The fraction of sp³-hybridized carbons (Fsp3) is 0.320. The Bertz CT molecular complexity index is 1200. The van der Waals surface area contributed by atoms with Crippen LogP contribution in [0.3, 0.4) is 0 Å². The van der Waals surface area contributed by atoms with Crippen LogP contribution in [0, 0.1) is 5.92 Å². The molecule has 162 valence electrons. The SMILES string of the molecule is CC(C)c1cccc(NC(=O)C2CCN(S(=O)(=O)c3ccc4ccccc4c3)CC2)c1. The molecule has 1 saturated heterocycles. The molecule has 5 nitrogen and oxygen atoms in total. The van der Waals surface area contributed by atoms with Crippen LogP contribution in [0.25, 0.3) is 10.8 Å².